The van der Waals surface area contributed by atoms with E-state index in [0.717, 1.165) is 69.4 Å². The Labute approximate surface area is 215 Å². The second-order valence-electron chi connectivity index (χ2n) is 9.75. The molecule has 2 aromatic carbocycles. The number of ether oxygens (including phenoxy) is 1. The van der Waals surface area contributed by atoms with Gasteiger partial charge in [0.05, 0.1) is 24.5 Å². The Bertz CT molecular complexity index is 1590. The van der Waals surface area contributed by atoms with Crippen molar-refractivity contribution in [2.45, 2.75) is 12.5 Å². The zero-order chi connectivity index (χ0) is 25.5. The molecule has 37 heavy (non-hydrogen) atoms. The molecule has 0 bridgehead atoms. The van der Waals surface area contributed by atoms with Crippen molar-refractivity contribution in [1.29, 1.82) is 0 Å². The molecule has 186 valence electrons. The molecule has 5 aromatic rings. The molecule has 0 saturated carbocycles. The maximum Gasteiger partial charge on any atom is 0.253 e. The van der Waals surface area contributed by atoms with Crippen LogP contribution in [0.5, 0.6) is 5.75 Å². The first-order valence-corrected chi connectivity index (χ1v) is 12.5. The zero-order valence-corrected chi connectivity index (χ0v) is 21.2. The van der Waals surface area contributed by atoms with Crippen LogP contribution < -0.4 is 4.74 Å². The standard InChI is InChI=1S/C30H29N5O2/c1-34-14-12-22(18-34)35(2)30(36)20-8-6-19(7-9-20)28-27(37-3)11-10-24-29(28)23-15-25(32-17-26(23)33-24)21-5-4-13-31-16-21/h4-11,13,15-17,22,33H,12,14,18H2,1-3H3. The largest absolute Gasteiger partial charge is 0.496 e. The van der Waals surface area contributed by atoms with Crippen LogP contribution in [-0.2, 0) is 0 Å². The quantitative estimate of drug-likeness (QED) is 0.364. The summed E-state index contributed by atoms with van der Waals surface area (Å²) in [6.07, 6.45) is 6.45. The van der Waals surface area contributed by atoms with Crippen molar-refractivity contribution in [3.63, 3.8) is 0 Å². The molecule has 0 aliphatic carbocycles. The number of aromatic amines is 1. The van der Waals surface area contributed by atoms with Crippen LogP contribution in [0.3, 0.4) is 0 Å². The minimum absolute atomic E-state index is 0.0521. The topological polar surface area (TPSA) is 74.3 Å². The molecule has 1 amide bonds. The van der Waals surface area contributed by atoms with Crippen molar-refractivity contribution in [3.05, 3.63) is 78.8 Å². The molecule has 7 heteroatoms. The maximum atomic E-state index is 13.2. The van der Waals surface area contributed by atoms with Crippen LogP contribution in [0.1, 0.15) is 16.8 Å². The second-order valence-corrected chi connectivity index (χ2v) is 9.75. The van der Waals surface area contributed by atoms with E-state index in [2.05, 4.69) is 33.0 Å². The number of benzene rings is 2. The average molecular weight is 492 g/mol. The molecule has 3 aromatic heterocycles. The van der Waals surface area contributed by atoms with Crippen LogP contribution >= 0.6 is 0 Å². The third kappa shape index (κ3) is 4.11. The fourth-order valence-corrected chi connectivity index (χ4v) is 5.38. The Kier molecular flexibility index (Phi) is 5.85. The van der Waals surface area contributed by atoms with Gasteiger partial charge < -0.3 is 19.5 Å². The number of hydrogen-bond acceptors (Lipinski definition) is 5. The third-order valence-electron chi connectivity index (χ3n) is 7.44. The first-order chi connectivity index (χ1) is 18.0. The molecule has 1 aliphatic heterocycles. The van der Waals surface area contributed by atoms with Crippen molar-refractivity contribution in [3.8, 4) is 28.1 Å². The Hall–Kier alpha value is -4.23. The van der Waals surface area contributed by atoms with Gasteiger partial charge in [-0.2, -0.15) is 0 Å². The molecule has 4 heterocycles. The molecular formula is C30H29N5O2. The fourth-order valence-electron chi connectivity index (χ4n) is 5.38. The molecule has 0 spiro atoms. The summed E-state index contributed by atoms with van der Waals surface area (Å²) in [5.74, 6) is 0.828. The van der Waals surface area contributed by atoms with Crippen molar-refractivity contribution >= 4 is 27.7 Å². The number of aromatic nitrogens is 3. The number of carbonyl (C=O) groups excluding carboxylic acids is 1. The molecule has 1 atom stereocenters. The van der Waals surface area contributed by atoms with E-state index in [9.17, 15) is 4.79 Å². The SMILES string of the molecule is COc1ccc2[nH]c3cnc(-c4cccnc4)cc3c2c1-c1ccc(C(=O)N(C)C2CCN(C)C2)cc1. The van der Waals surface area contributed by atoms with Crippen LogP contribution in [0.2, 0.25) is 0 Å². The van der Waals surface area contributed by atoms with Gasteiger partial charge in [-0.05, 0) is 68.0 Å². The number of H-pyrrole nitrogens is 1. The summed E-state index contributed by atoms with van der Waals surface area (Å²) in [6.45, 7) is 1.93. The van der Waals surface area contributed by atoms with Crippen LogP contribution in [0, 0.1) is 0 Å². The number of hydrogen-bond donors (Lipinski definition) is 1. The number of likely N-dealkylation sites (tertiary alicyclic amines) is 1. The lowest BCUT2D eigenvalue weighted by Gasteiger charge is -2.24. The molecule has 7 nitrogen and oxygen atoms in total. The number of amides is 1. The highest BCUT2D eigenvalue weighted by molar-refractivity contribution is 6.16. The monoisotopic (exact) mass is 491 g/mol. The number of nitrogens with one attached hydrogen (secondary N) is 1. The molecule has 0 radical (unpaired) electrons. The number of likely N-dealkylation sites (N-methyl/N-ethyl adjacent to an activating group) is 2. The molecule has 1 N–H and O–H groups in total. The van der Waals surface area contributed by atoms with Crippen molar-refractivity contribution in [2.75, 3.05) is 34.3 Å². The normalized spacial score (nSPS) is 15.9. The summed E-state index contributed by atoms with van der Waals surface area (Å²) in [5, 5.41) is 2.12. The minimum Gasteiger partial charge on any atom is -0.496 e. The molecule has 6 rings (SSSR count). The summed E-state index contributed by atoms with van der Waals surface area (Å²) in [4.78, 5) is 29.7. The van der Waals surface area contributed by atoms with Crippen molar-refractivity contribution in [1.82, 2.24) is 24.8 Å². The zero-order valence-electron chi connectivity index (χ0n) is 21.2. The van der Waals surface area contributed by atoms with E-state index in [0.29, 0.717) is 5.56 Å². The Balaban J connectivity index is 1.43. The molecular weight excluding hydrogens is 462 g/mol. The first-order valence-electron chi connectivity index (χ1n) is 12.5. The maximum absolute atomic E-state index is 13.2. The van der Waals surface area contributed by atoms with Gasteiger partial charge in [-0.25, -0.2) is 0 Å². The van der Waals surface area contributed by atoms with E-state index in [1.165, 1.54) is 0 Å². The molecule has 1 fully saturated rings. The van der Waals surface area contributed by atoms with E-state index in [1.54, 1.807) is 13.3 Å². The van der Waals surface area contributed by atoms with Gasteiger partial charge in [0.25, 0.3) is 5.91 Å². The summed E-state index contributed by atoms with van der Waals surface area (Å²) in [5.41, 5.74) is 6.44. The van der Waals surface area contributed by atoms with E-state index < -0.39 is 0 Å². The third-order valence-corrected chi connectivity index (χ3v) is 7.44. The van der Waals surface area contributed by atoms with Gasteiger partial charge in [0.15, 0.2) is 0 Å². The summed E-state index contributed by atoms with van der Waals surface area (Å²) in [6, 6.07) is 18.1. The lowest BCUT2D eigenvalue weighted by Crippen LogP contribution is -2.38. The highest BCUT2D eigenvalue weighted by Crippen LogP contribution is 2.41. The Morgan fingerprint density at radius 2 is 1.92 bits per heavy atom. The lowest BCUT2D eigenvalue weighted by molar-refractivity contribution is 0.0737. The highest BCUT2D eigenvalue weighted by atomic mass is 16.5. The first kappa shape index (κ1) is 23.2. The van der Waals surface area contributed by atoms with Crippen molar-refractivity contribution < 1.29 is 9.53 Å². The van der Waals surface area contributed by atoms with Gasteiger partial charge in [0.2, 0.25) is 0 Å². The van der Waals surface area contributed by atoms with E-state index in [4.69, 9.17) is 4.74 Å². The van der Waals surface area contributed by atoms with Gasteiger partial charge in [0, 0.05) is 65.0 Å². The molecule has 1 aliphatic rings. The summed E-state index contributed by atoms with van der Waals surface area (Å²) in [7, 11) is 5.69. The Morgan fingerprint density at radius 3 is 2.62 bits per heavy atom. The Morgan fingerprint density at radius 1 is 1.08 bits per heavy atom. The van der Waals surface area contributed by atoms with Gasteiger partial charge in [-0.15, -0.1) is 0 Å². The fraction of sp³-hybridized carbons (Fsp3) is 0.233. The predicted molar refractivity (Wildman–Crippen MR) is 147 cm³/mol. The smallest absolute Gasteiger partial charge is 0.253 e. The number of fused-ring (bicyclic) bond motifs is 3. The van der Waals surface area contributed by atoms with Gasteiger partial charge in [-0.3, -0.25) is 14.8 Å². The van der Waals surface area contributed by atoms with Gasteiger partial charge in [0.1, 0.15) is 5.75 Å². The van der Waals surface area contributed by atoms with Gasteiger partial charge >= 0.3 is 0 Å². The lowest BCUT2D eigenvalue weighted by atomic mass is 9.97. The number of rotatable bonds is 5. The van der Waals surface area contributed by atoms with Crippen LogP contribution in [-0.4, -0.2) is 71.0 Å². The van der Waals surface area contributed by atoms with Crippen molar-refractivity contribution in [2.24, 2.45) is 0 Å². The molecule has 1 saturated heterocycles. The number of methoxy groups -OCH3 is 1. The number of nitrogens with zero attached hydrogens (tertiary/aromatic N) is 4. The highest BCUT2D eigenvalue weighted by Gasteiger charge is 2.27. The van der Waals surface area contributed by atoms with Crippen LogP contribution in [0.25, 0.3) is 44.2 Å². The summed E-state index contributed by atoms with van der Waals surface area (Å²) < 4.78 is 5.82. The second kappa shape index (κ2) is 9.33. The van der Waals surface area contributed by atoms with Gasteiger partial charge in [-0.1, -0.05) is 12.1 Å². The van der Waals surface area contributed by atoms with Crippen LogP contribution in [0.15, 0.2) is 73.2 Å². The number of carbonyl (C=O) groups is 1. The summed E-state index contributed by atoms with van der Waals surface area (Å²) >= 11 is 0. The minimum atomic E-state index is 0.0521. The van der Waals surface area contributed by atoms with Crippen LogP contribution in [0.4, 0.5) is 0 Å². The predicted octanol–water partition coefficient (Wildman–Crippen LogP) is 5.23. The van der Waals surface area contributed by atoms with E-state index in [1.807, 2.05) is 72.9 Å². The molecule has 1 unspecified atom stereocenters. The average Bonchev–Trinajstić information content (AvgIpc) is 3.55. The number of pyridine rings is 2. The van der Waals surface area contributed by atoms with E-state index >= 15 is 0 Å². The van der Waals surface area contributed by atoms with E-state index in [-0.39, 0.29) is 11.9 Å².